The fraction of sp³-hybridized carbons (Fsp3) is 0.222. The zero-order valence-electron chi connectivity index (χ0n) is 13.7. The van der Waals surface area contributed by atoms with Crippen LogP contribution in [0.4, 0.5) is 0 Å². The summed E-state index contributed by atoms with van der Waals surface area (Å²) in [6.07, 6.45) is 5.64. The van der Waals surface area contributed by atoms with Crippen LogP contribution in [0.15, 0.2) is 38.6 Å². The molecule has 0 saturated carbocycles. The van der Waals surface area contributed by atoms with Crippen LogP contribution in [-0.4, -0.2) is 22.1 Å². The summed E-state index contributed by atoms with van der Waals surface area (Å²) in [5.41, 5.74) is 4.09. The van der Waals surface area contributed by atoms with Gasteiger partial charge < -0.3 is 4.98 Å². The van der Waals surface area contributed by atoms with E-state index in [0.29, 0.717) is 10.2 Å². The molecule has 1 amide bonds. The molecule has 0 aliphatic heterocycles. The molecule has 2 N–H and O–H groups in total. The number of nitrogens with zero attached hydrogens (tertiary/aromatic N) is 2. The van der Waals surface area contributed by atoms with Gasteiger partial charge in [0.2, 0.25) is 5.82 Å². The molecule has 0 radical (unpaired) electrons. The number of hydrogen-bond donors (Lipinski definition) is 2. The first-order valence-corrected chi connectivity index (χ1v) is 9.86. The molecule has 2 heterocycles. The van der Waals surface area contributed by atoms with Gasteiger partial charge in [0.1, 0.15) is 4.83 Å². The van der Waals surface area contributed by atoms with Crippen LogP contribution >= 0.6 is 27.3 Å². The number of aryl methyl sites for hydroxylation is 2. The predicted molar refractivity (Wildman–Crippen MR) is 106 cm³/mol. The van der Waals surface area contributed by atoms with Gasteiger partial charge in [0.15, 0.2) is 0 Å². The highest BCUT2D eigenvalue weighted by atomic mass is 79.9. The number of nitrogens with one attached hydrogen (secondary N) is 2. The molecule has 8 heteroatoms. The molecule has 0 bridgehead atoms. The molecular formula is C18H15BrN4O2S. The quantitative estimate of drug-likeness (QED) is 0.492. The second-order valence-electron chi connectivity index (χ2n) is 6.06. The highest BCUT2D eigenvalue weighted by Crippen LogP contribution is 2.33. The van der Waals surface area contributed by atoms with Crippen molar-refractivity contribution in [3.05, 3.63) is 60.9 Å². The van der Waals surface area contributed by atoms with E-state index in [-0.39, 0.29) is 11.4 Å². The molecule has 26 heavy (non-hydrogen) atoms. The summed E-state index contributed by atoms with van der Waals surface area (Å²) >= 11 is 4.89. The van der Waals surface area contributed by atoms with Crippen molar-refractivity contribution in [2.75, 3.05) is 0 Å². The lowest BCUT2D eigenvalue weighted by atomic mass is 9.97. The minimum atomic E-state index is -0.540. The first kappa shape index (κ1) is 17.1. The zero-order chi connectivity index (χ0) is 18.1. The van der Waals surface area contributed by atoms with Gasteiger partial charge in [-0.05, 0) is 48.9 Å². The maximum Gasteiger partial charge on any atom is 0.307 e. The van der Waals surface area contributed by atoms with Crippen molar-refractivity contribution >= 4 is 49.6 Å². The van der Waals surface area contributed by atoms with E-state index in [1.807, 2.05) is 24.3 Å². The summed E-state index contributed by atoms with van der Waals surface area (Å²) in [5, 5.41) is 4.57. The number of carbonyl (C=O) groups is 1. The maximum absolute atomic E-state index is 12.5. The van der Waals surface area contributed by atoms with Crippen LogP contribution in [0.3, 0.4) is 0 Å². The maximum atomic E-state index is 12.5. The van der Waals surface area contributed by atoms with Crippen LogP contribution in [0, 0.1) is 0 Å². The Bertz CT molecular complexity index is 1090. The number of hydrogen-bond acceptors (Lipinski definition) is 5. The number of hydrazone groups is 1. The minimum Gasteiger partial charge on any atom is -0.302 e. The minimum absolute atomic E-state index is 0.0208. The second-order valence-corrected chi connectivity index (χ2v) is 8.06. The van der Waals surface area contributed by atoms with Crippen molar-refractivity contribution in [2.45, 2.75) is 25.7 Å². The van der Waals surface area contributed by atoms with Crippen LogP contribution in [-0.2, 0) is 12.8 Å². The number of aromatic amines is 1. The van der Waals surface area contributed by atoms with Crippen LogP contribution in [0.5, 0.6) is 0 Å². The van der Waals surface area contributed by atoms with Crippen molar-refractivity contribution in [3.63, 3.8) is 0 Å². The summed E-state index contributed by atoms with van der Waals surface area (Å²) in [5.74, 6) is -0.561. The zero-order valence-corrected chi connectivity index (χ0v) is 16.1. The topological polar surface area (TPSA) is 87.2 Å². The van der Waals surface area contributed by atoms with E-state index >= 15 is 0 Å². The van der Waals surface area contributed by atoms with E-state index in [9.17, 15) is 9.59 Å². The average molecular weight is 431 g/mol. The normalized spacial score (nSPS) is 13.9. The Morgan fingerprint density at radius 1 is 1.35 bits per heavy atom. The Balaban J connectivity index is 1.58. The predicted octanol–water partition coefficient (Wildman–Crippen LogP) is 3.39. The van der Waals surface area contributed by atoms with Gasteiger partial charge in [-0.25, -0.2) is 10.4 Å². The van der Waals surface area contributed by atoms with Crippen molar-refractivity contribution in [2.24, 2.45) is 5.10 Å². The molecule has 1 aliphatic carbocycles. The molecule has 2 aromatic heterocycles. The van der Waals surface area contributed by atoms with Gasteiger partial charge in [-0.3, -0.25) is 9.59 Å². The van der Waals surface area contributed by atoms with E-state index in [4.69, 9.17) is 0 Å². The molecule has 1 aromatic carbocycles. The Kier molecular flexibility index (Phi) is 4.69. The number of fused-ring (bicyclic) bond motifs is 3. The number of benzene rings is 1. The first-order chi connectivity index (χ1) is 12.6. The van der Waals surface area contributed by atoms with E-state index in [1.54, 1.807) is 0 Å². The van der Waals surface area contributed by atoms with Gasteiger partial charge in [0.05, 0.1) is 11.6 Å². The molecular weight excluding hydrogens is 416 g/mol. The van der Waals surface area contributed by atoms with E-state index < -0.39 is 5.91 Å². The molecule has 0 spiro atoms. The van der Waals surface area contributed by atoms with Gasteiger partial charge >= 0.3 is 5.91 Å². The lowest BCUT2D eigenvalue weighted by Gasteiger charge is -2.09. The molecule has 3 aromatic rings. The SMILES string of the molecule is O=C(N/N=C/c1cccc(Br)c1)c1nc2sc3c(c2c(=O)[nH]1)CCCC3. The molecule has 0 saturated heterocycles. The van der Waals surface area contributed by atoms with E-state index in [0.717, 1.165) is 41.3 Å². The van der Waals surface area contributed by atoms with Crippen LogP contribution < -0.4 is 11.0 Å². The number of thiophene rings is 1. The number of rotatable bonds is 3. The van der Waals surface area contributed by atoms with Crippen LogP contribution in [0.25, 0.3) is 10.2 Å². The summed E-state index contributed by atoms with van der Waals surface area (Å²) in [6, 6.07) is 7.51. The Morgan fingerprint density at radius 3 is 3.04 bits per heavy atom. The molecule has 0 atom stereocenters. The lowest BCUT2D eigenvalue weighted by molar-refractivity contribution is 0.0945. The largest absolute Gasteiger partial charge is 0.307 e. The number of carbonyl (C=O) groups excluding carboxylic acids is 1. The fourth-order valence-corrected chi connectivity index (χ4v) is 4.76. The third-order valence-corrected chi connectivity index (χ3v) is 5.95. The highest BCUT2D eigenvalue weighted by molar-refractivity contribution is 9.10. The van der Waals surface area contributed by atoms with E-state index in [2.05, 4.69) is 36.4 Å². The van der Waals surface area contributed by atoms with Crippen molar-refractivity contribution in [1.82, 2.24) is 15.4 Å². The number of H-pyrrole nitrogens is 1. The van der Waals surface area contributed by atoms with Crippen LogP contribution in [0.2, 0.25) is 0 Å². The smallest absolute Gasteiger partial charge is 0.302 e. The Hall–Kier alpha value is -2.32. The average Bonchev–Trinajstić information content (AvgIpc) is 3.00. The Morgan fingerprint density at radius 2 is 2.19 bits per heavy atom. The molecule has 0 unspecified atom stereocenters. The summed E-state index contributed by atoms with van der Waals surface area (Å²) in [4.78, 5) is 33.5. The van der Waals surface area contributed by atoms with Gasteiger partial charge in [0, 0.05) is 9.35 Å². The van der Waals surface area contributed by atoms with Crippen LogP contribution in [0.1, 0.15) is 39.5 Å². The van der Waals surface area contributed by atoms with Gasteiger partial charge in [-0.15, -0.1) is 11.3 Å². The third kappa shape index (κ3) is 3.34. The first-order valence-electron chi connectivity index (χ1n) is 8.25. The van der Waals surface area contributed by atoms with Crippen molar-refractivity contribution in [3.8, 4) is 0 Å². The molecule has 0 fully saturated rings. The Labute approximate surface area is 161 Å². The van der Waals surface area contributed by atoms with E-state index in [1.165, 1.54) is 22.4 Å². The molecule has 6 nitrogen and oxygen atoms in total. The summed E-state index contributed by atoms with van der Waals surface area (Å²) in [7, 11) is 0. The summed E-state index contributed by atoms with van der Waals surface area (Å²) in [6.45, 7) is 0. The molecule has 132 valence electrons. The summed E-state index contributed by atoms with van der Waals surface area (Å²) < 4.78 is 0.922. The fourth-order valence-electron chi connectivity index (χ4n) is 3.08. The number of amides is 1. The molecule has 1 aliphatic rings. The highest BCUT2D eigenvalue weighted by Gasteiger charge is 2.21. The standard InChI is InChI=1S/C18H15BrN4O2S/c19-11-5-3-4-10(8-11)9-20-23-17(25)15-21-16(24)14-12-6-1-2-7-13(12)26-18(14)22-15/h3-5,8-9H,1-2,6-7H2,(H,23,25)(H,21,22,24)/b20-9+. The van der Waals surface area contributed by atoms with Crippen molar-refractivity contribution in [1.29, 1.82) is 0 Å². The number of aromatic nitrogens is 2. The lowest BCUT2D eigenvalue weighted by Crippen LogP contribution is -2.24. The third-order valence-electron chi connectivity index (χ3n) is 4.27. The van der Waals surface area contributed by atoms with Crippen molar-refractivity contribution < 1.29 is 4.79 Å². The molecule has 4 rings (SSSR count). The monoisotopic (exact) mass is 430 g/mol. The van der Waals surface area contributed by atoms with Gasteiger partial charge in [-0.2, -0.15) is 5.10 Å². The second kappa shape index (κ2) is 7.13. The van der Waals surface area contributed by atoms with Gasteiger partial charge in [0.25, 0.3) is 5.56 Å². The van der Waals surface area contributed by atoms with Gasteiger partial charge in [-0.1, -0.05) is 28.1 Å². The number of halogens is 1.